The highest BCUT2D eigenvalue weighted by Crippen LogP contribution is 1.77. The van der Waals surface area contributed by atoms with Crippen molar-refractivity contribution in [3.63, 3.8) is 0 Å². The predicted octanol–water partition coefficient (Wildman–Crippen LogP) is -4.61. The van der Waals surface area contributed by atoms with E-state index >= 15 is 0 Å². The minimum Gasteiger partial charge on any atom is -0.398 e. The molecule has 0 aromatic rings. The average Bonchev–Trinajstić information content (AvgIpc) is 2.23. The molecule has 0 fully saturated rings. The zero-order valence-electron chi connectivity index (χ0n) is 11.4. The number of nitrogens with two attached hydrogens (primary N) is 2. The lowest BCUT2D eigenvalue weighted by atomic mass is 10.3. The van der Waals surface area contributed by atoms with E-state index in [-0.39, 0.29) is 0 Å². The highest BCUT2D eigenvalue weighted by molar-refractivity contribution is 6.32. The molecule has 0 aliphatic carbocycles. The minimum atomic E-state index is -2.67. The maximum absolute atomic E-state index is 10.1. The largest absolute Gasteiger partial charge is 0.674 e. The monoisotopic (exact) mass is 344 g/mol. The predicted molar refractivity (Wildman–Crippen MR) is 72.5 cm³/mol. The van der Waals surface area contributed by atoms with Crippen LogP contribution in [0.5, 0.6) is 0 Å². The third kappa shape index (κ3) is 1020. The standard InChI is InChI=1S/C4H12N2.4BFH2O2/c5-3-1-2-4-6;4*2-1(3)4/h1-6H2;4*3-4H. The van der Waals surface area contributed by atoms with E-state index in [2.05, 4.69) is 0 Å². The van der Waals surface area contributed by atoms with Gasteiger partial charge in [0, 0.05) is 0 Å². The van der Waals surface area contributed by atoms with Crippen LogP contribution in [-0.4, -0.2) is 82.9 Å². The Balaban J connectivity index is -0.0000000555. The van der Waals surface area contributed by atoms with Crippen LogP contribution in [0.1, 0.15) is 12.8 Å². The second kappa shape index (κ2) is 32.5. The molecular formula is C4H20B4F4N2O8. The Morgan fingerprint density at radius 1 is 0.500 bits per heavy atom. The summed E-state index contributed by atoms with van der Waals surface area (Å²) in [6, 6.07) is 0. The van der Waals surface area contributed by atoms with Gasteiger partial charge in [0.1, 0.15) is 0 Å². The fourth-order valence-electron chi connectivity index (χ4n) is 0.289. The van der Waals surface area contributed by atoms with Crippen LogP contribution in [0.25, 0.3) is 0 Å². The van der Waals surface area contributed by atoms with Gasteiger partial charge in [-0.05, 0) is 25.9 Å². The molecule has 0 radical (unpaired) electrons. The smallest absolute Gasteiger partial charge is 0.398 e. The lowest BCUT2D eigenvalue weighted by molar-refractivity contribution is 0.338. The van der Waals surface area contributed by atoms with Crippen molar-refractivity contribution in [1.29, 1.82) is 0 Å². The number of hydrogen-bond donors (Lipinski definition) is 10. The SMILES string of the molecule is NCCCCN.OB(O)F.OB(O)F.OB(O)F.OB(O)F. The first-order valence-corrected chi connectivity index (χ1v) is 5.25. The lowest BCUT2D eigenvalue weighted by Crippen LogP contribution is -2.03. The summed E-state index contributed by atoms with van der Waals surface area (Å²) in [5, 5.41) is 55.6. The van der Waals surface area contributed by atoms with Crippen LogP contribution in [0.15, 0.2) is 0 Å². The third-order valence-electron chi connectivity index (χ3n) is 0.658. The molecule has 0 aliphatic rings. The molecule has 0 bridgehead atoms. The molecule has 0 atom stereocenters. The summed E-state index contributed by atoms with van der Waals surface area (Å²) in [6.45, 7) is 1.55. The topological polar surface area (TPSA) is 214 Å². The minimum absolute atomic E-state index is 0.775. The quantitative estimate of drug-likeness (QED) is 0.134. The normalized spacial score (nSPS) is 7.36. The Bertz CT molecular complexity index is 129. The summed E-state index contributed by atoms with van der Waals surface area (Å²) in [5.74, 6) is 0. The van der Waals surface area contributed by atoms with Gasteiger partial charge in [0.25, 0.3) is 0 Å². The number of unbranched alkanes of at least 4 members (excludes halogenated alkanes) is 1. The van der Waals surface area contributed by atoms with Crippen LogP contribution in [0.2, 0.25) is 0 Å². The van der Waals surface area contributed by atoms with Crippen molar-refractivity contribution in [1.82, 2.24) is 0 Å². The molecule has 134 valence electrons. The molecule has 12 N–H and O–H groups in total. The van der Waals surface area contributed by atoms with E-state index in [4.69, 9.17) is 51.7 Å². The number of rotatable bonds is 3. The van der Waals surface area contributed by atoms with Crippen molar-refractivity contribution in [2.45, 2.75) is 12.8 Å². The van der Waals surface area contributed by atoms with Gasteiger partial charge in [-0.2, -0.15) is 0 Å². The maximum Gasteiger partial charge on any atom is 0.674 e. The highest BCUT2D eigenvalue weighted by atomic mass is 19.1. The van der Waals surface area contributed by atoms with Gasteiger partial charge in [-0.3, -0.25) is 17.3 Å². The Hall–Kier alpha value is -0.420. The fourth-order valence-corrected chi connectivity index (χ4v) is 0.289. The van der Waals surface area contributed by atoms with Gasteiger partial charge in [-0.25, -0.2) is 0 Å². The second-order valence-corrected chi connectivity index (χ2v) is 2.53. The zero-order chi connectivity index (χ0) is 19.1. The van der Waals surface area contributed by atoms with Gasteiger partial charge in [-0.1, -0.05) is 0 Å². The molecule has 0 aromatic carbocycles. The first-order chi connectivity index (χ1) is 9.84. The Morgan fingerprint density at radius 3 is 0.636 bits per heavy atom. The fraction of sp³-hybridized carbons (Fsp3) is 1.00. The van der Waals surface area contributed by atoms with Crippen molar-refractivity contribution in [2.24, 2.45) is 11.5 Å². The summed E-state index contributed by atoms with van der Waals surface area (Å²) in [6.07, 6.45) is 2.13. The van der Waals surface area contributed by atoms with Gasteiger partial charge in [0.15, 0.2) is 0 Å². The summed E-state index contributed by atoms with van der Waals surface area (Å²) in [7, 11) is -10.7. The molecule has 0 aromatic heterocycles. The van der Waals surface area contributed by atoms with Crippen molar-refractivity contribution in [2.75, 3.05) is 13.1 Å². The summed E-state index contributed by atoms with van der Waals surface area (Å²) in [5.41, 5.74) is 10.3. The first-order valence-electron chi connectivity index (χ1n) is 5.25. The molecule has 18 heteroatoms. The summed E-state index contributed by atoms with van der Waals surface area (Å²) in [4.78, 5) is 0. The van der Waals surface area contributed by atoms with Gasteiger partial charge >= 0.3 is 29.6 Å². The summed E-state index contributed by atoms with van der Waals surface area (Å²) < 4.78 is 40.4. The van der Waals surface area contributed by atoms with E-state index in [1.165, 1.54) is 0 Å². The van der Waals surface area contributed by atoms with E-state index in [1.54, 1.807) is 0 Å². The van der Waals surface area contributed by atoms with Crippen LogP contribution in [0, 0.1) is 0 Å². The molecule has 0 unspecified atom stereocenters. The molecule has 0 spiro atoms. The molecule has 0 saturated carbocycles. The average molecular weight is 343 g/mol. The van der Waals surface area contributed by atoms with Crippen LogP contribution in [0.4, 0.5) is 17.3 Å². The first kappa shape index (κ1) is 33.2. The molecule has 0 rings (SSSR count). The number of halogens is 4. The van der Waals surface area contributed by atoms with E-state index in [1.807, 2.05) is 0 Å². The molecule has 0 saturated heterocycles. The van der Waals surface area contributed by atoms with Crippen molar-refractivity contribution in [3.8, 4) is 0 Å². The van der Waals surface area contributed by atoms with Gasteiger partial charge in [0.05, 0.1) is 0 Å². The molecule has 22 heavy (non-hydrogen) atoms. The zero-order valence-corrected chi connectivity index (χ0v) is 11.4. The molecule has 0 heterocycles. The van der Waals surface area contributed by atoms with E-state index in [0.29, 0.717) is 0 Å². The molecule has 0 aliphatic heterocycles. The Kier molecular flexibility index (Phi) is 49.1. The van der Waals surface area contributed by atoms with E-state index < -0.39 is 29.6 Å². The van der Waals surface area contributed by atoms with E-state index in [0.717, 1.165) is 25.9 Å². The van der Waals surface area contributed by atoms with Crippen molar-refractivity contribution in [3.05, 3.63) is 0 Å². The maximum atomic E-state index is 10.1. The Morgan fingerprint density at radius 2 is 0.591 bits per heavy atom. The van der Waals surface area contributed by atoms with Crippen LogP contribution in [0.3, 0.4) is 0 Å². The van der Waals surface area contributed by atoms with E-state index in [9.17, 15) is 17.3 Å². The lowest BCUT2D eigenvalue weighted by Gasteiger charge is -1.87. The van der Waals surface area contributed by atoms with Gasteiger partial charge in [-0.15, -0.1) is 0 Å². The summed E-state index contributed by atoms with van der Waals surface area (Å²) >= 11 is 0. The molecular weight excluding hydrogens is 323 g/mol. The molecule has 10 nitrogen and oxygen atoms in total. The molecule has 0 amide bonds. The number of hydrogen-bond acceptors (Lipinski definition) is 10. The van der Waals surface area contributed by atoms with Crippen molar-refractivity contribution >= 4 is 29.6 Å². The highest BCUT2D eigenvalue weighted by Gasteiger charge is 1.98. The van der Waals surface area contributed by atoms with Crippen LogP contribution in [-0.2, 0) is 0 Å². The van der Waals surface area contributed by atoms with Gasteiger partial charge in [0.2, 0.25) is 0 Å². The van der Waals surface area contributed by atoms with Crippen LogP contribution < -0.4 is 11.5 Å². The third-order valence-corrected chi connectivity index (χ3v) is 0.658. The Labute approximate surface area is 125 Å². The van der Waals surface area contributed by atoms with Crippen molar-refractivity contribution < 1.29 is 57.5 Å². The second-order valence-electron chi connectivity index (χ2n) is 2.53. The van der Waals surface area contributed by atoms with Gasteiger partial charge < -0.3 is 51.7 Å². The van der Waals surface area contributed by atoms with Crippen LogP contribution >= 0.6 is 0 Å².